The SMILES string of the molecule is CN(Cc1ccnc2ccccc12)CC1CCN(c2ccccc2)C1. The van der Waals surface area contributed by atoms with Crippen molar-refractivity contribution in [3.63, 3.8) is 0 Å². The average Bonchev–Trinajstić information content (AvgIpc) is 3.11. The van der Waals surface area contributed by atoms with Crippen LogP contribution in [0.1, 0.15) is 12.0 Å². The van der Waals surface area contributed by atoms with Gasteiger partial charge in [0.1, 0.15) is 0 Å². The van der Waals surface area contributed by atoms with Crippen molar-refractivity contribution in [2.75, 3.05) is 31.6 Å². The molecule has 1 unspecified atom stereocenters. The molecule has 4 rings (SSSR count). The molecule has 3 nitrogen and oxygen atoms in total. The summed E-state index contributed by atoms with van der Waals surface area (Å²) in [5.41, 5.74) is 3.81. The molecule has 3 aromatic rings. The van der Waals surface area contributed by atoms with Crippen molar-refractivity contribution >= 4 is 16.6 Å². The number of anilines is 1. The maximum absolute atomic E-state index is 4.47. The summed E-state index contributed by atoms with van der Waals surface area (Å²) in [5.74, 6) is 0.735. The van der Waals surface area contributed by atoms with Crippen molar-refractivity contribution in [3.8, 4) is 0 Å². The smallest absolute Gasteiger partial charge is 0.0705 e. The van der Waals surface area contributed by atoms with Crippen LogP contribution in [0.15, 0.2) is 66.9 Å². The van der Waals surface area contributed by atoms with Gasteiger partial charge in [0.25, 0.3) is 0 Å². The van der Waals surface area contributed by atoms with Crippen molar-refractivity contribution in [1.29, 1.82) is 0 Å². The zero-order valence-electron chi connectivity index (χ0n) is 14.8. The van der Waals surface area contributed by atoms with E-state index in [0.29, 0.717) is 0 Å². The topological polar surface area (TPSA) is 19.4 Å². The van der Waals surface area contributed by atoms with Crippen LogP contribution in [0.2, 0.25) is 0 Å². The van der Waals surface area contributed by atoms with Gasteiger partial charge >= 0.3 is 0 Å². The molecule has 3 heteroatoms. The van der Waals surface area contributed by atoms with Gasteiger partial charge in [-0.05, 0) is 49.2 Å². The zero-order valence-corrected chi connectivity index (χ0v) is 14.8. The molecule has 1 aliphatic rings. The summed E-state index contributed by atoms with van der Waals surface area (Å²) in [4.78, 5) is 9.44. The molecule has 0 radical (unpaired) electrons. The maximum Gasteiger partial charge on any atom is 0.0705 e. The monoisotopic (exact) mass is 331 g/mol. The molecule has 25 heavy (non-hydrogen) atoms. The molecule has 1 atom stereocenters. The molecule has 0 amide bonds. The summed E-state index contributed by atoms with van der Waals surface area (Å²) in [6, 6.07) is 21.4. The van der Waals surface area contributed by atoms with E-state index < -0.39 is 0 Å². The van der Waals surface area contributed by atoms with Crippen LogP contribution >= 0.6 is 0 Å². The van der Waals surface area contributed by atoms with Gasteiger partial charge in [-0.2, -0.15) is 0 Å². The predicted molar refractivity (Wildman–Crippen MR) is 105 cm³/mol. The highest BCUT2D eigenvalue weighted by Gasteiger charge is 2.23. The molecule has 0 saturated carbocycles. The first kappa shape index (κ1) is 16.1. The first-order valence-corrected chi connectivity index (χ1v) is 9.11. The molecule has 2 aromatic carbocycles. The average molecular weight is 331 g/mol. The Kier molecular flexibility index (Phi) is 4.66. The van der Waals surface area contributed by atoms with E-state index in [9.17, 15) is 0 Å². The van der Waals surface area contributed by atoms with Crippen molar-refractivity contribution in [2.45, 2.75) is 13.0 Å². The first-order valence-electron chi connectivity index (χ1n) is 9.11. The van der Waals surface area contributed by atoms with Crippen LogP contribution in [0.3, 0.4) is 0 Å². The minimum Gasteiger partial charge on any atom is -0.371 e. The van der Waals surface area contributed by atoms with E-state index in [-0.39, 0.29) is 0 Å². The zero-order chi connectivity index (χ0) is 17.1. The van der Waals surface area contributed by atoms with Crippen LogP contribution in [-0.2, 0) is 6.54 Å². The molecule has 0 bridgehead atoms. The van der Waals surface area contributed by atoms with Gasteiger partial charge in [0.05, 0.1) is 5.52 Å². The standard InChI is InChI=1S/C22H25N3/c1-24(17-19-11-13-23-22-10-6-5-9-21(19)22)15-18-12-14-25(16-18)20-7-3-2-4-8-20/h2-11,13,18H,12,14-17H2,1H3. The molecule has 1 aliphatic heterocycles. The van der Waals surface area contributed by atoms with Gasteiger partial charge in [-0.1, -0.05) is 36.4 Å². The lowest BCUT2D eigenvalue weighted by molar-refractivity contribution is 0.280. The van der Waals surface area contributed by atoms with Crippen LogP contribution in [0.4, 0.5) is 5.69 Å². The van der Waals surface area contributed by atoms with Crippen molar-refractivity contribution in [3.05, 3.63) is 72.4 Å². The molecule has 128 valence electrons. The quantitative estimate of drug-likeness (QED) is 0.699. The highest BCUT2D eigenvalue weighted by Crippen LogP contribution is 2.25. The fourth-order valence-electron chi connectivity index (χ4n) is 3.94. The summed E-state index contributed by atoms with van der Waals surface area (Å²) in [5, 5.41) is 1.27. The summed E-state index contributed by atoms with van der Waals surface area (Å²) < 4.78 is 0. The van der Waals surface area contributed by atoms with E-state index in [0.717, 1.165) is 31.1 Å². The van der Waals surface area contributed by atoms with E-state index in [1.54, 1.807) is 0 Å². The Hall–Kier alpha value is -2.39. The van der Waals surface area contributed by atoms with Crippen LogP contribution in [0, 0.1) is 5.92 Å². The van der Waals surface area contributed by atoms with Crippen LogP contribution in [0.25, 0.3) is 10.9 Å². The fraction of sp³-hybridized carbons (Fsp3) is 0.318. The third-order valence-electron chi connectivity index (χ3n) is 5.16. The largest absolute Gasteiger partial charge is 0.371 e. The number of fused-ring (bicyclic) bond motifs is 1. The van der Waals surface area contributed by atoms with Crippen molar-refractivity contribution < 1.29 is 0 Å². The van der Waals surface area contributed by atoms with Gasteiger partial charge in [0.15, 0.2) is 0 Å². The van der Waals surface area contributed by atoms with Crippen LogP contribution in [-0.4, -0.2) is 36.6 Å². The first-order chi connectivity index (χ1) is 12.3. The number of hydrogen-bond acceptors (Lipinski definition) is 3. The molecular weight excluding hydrogens is 306 g/mol. The van der Waals surface area contributed by atoms with E-state index in [4.69, 9.17) is 0 Å². The highest BCUT2D eigenvalue weighted by atomic mass is 15.2. The molecular formula is C22H25N3. The number of rotatable bonds is 5. The van der Waals surface area contributed by atoms with Gasteiger partial charge in [0, 0.05) is 43.4 Å². The number of nitrogens with zero attached hydrogens (tertiary/aromatic N) is 3. The summed E-state index contributed by atoms with van der Waals surface area (Å²) >= 11 is 0. The Balaban J connectivity index is 1.39. The van der Waals surface area contributed by atoms with Crippen molar-refractivity contribution in [2.24, 2.45) is 5.92 Å². The van der Waals surface area contributed by atoms with Gasteiger partial charge in [-0.3, -0.25) is 4.98 Å². The lowest BCUT2D eigenvalue weighted by Gasteiger charge is -2.23. The number of hydrogen-bond donors (Lipinski definition) is 0. The molecule has 2 heterocycles. The Bertz CT molecular complexity index is 826. The highest BCUT2D eigenvalue weighted by molar-refractivity contribution is 5.81. The third kappa shape index (κ3) is 3.67. The lowest BCUT2D eigenvalue weighted by atomic mass is 10.1. The predicted octanol–water partition coefficient (Wildman–Crippen LogP) is 4.19. The van der Waals surface area contributed by atoms with Gasteiger partial charge < -0.3 is 9.80 Å². The Morgan fingerprint density at radius 3 is 2.72 bits per heavy atom. The number of pyridine rings is 1. The molecule has 1 saturated heterocycles. The van der Waals surface area contributed by atoms with Crippen LogP contribution < -0.4 is 4.90 Å². The molecule has 1 aromatic heterocycles. The van der Waals surface area contributed by atoms with Gasteiger partial charge in [0.2, 0.25) is 0 Å². The van der Waals surface area contributed by atoms with Gasteiger partial charge in [-0.25, -0.2) is 0 Å². The summed E-state index contributed by atoms with van der Waals surface area (Å²) in [7, 11) is 2.24. The number of benzene rings is 2. The van der Waals surface area contributed by atoms with Crippen molar-refractivity contribution in [1.82, 2.24) is 9.88 Å². The Morgan fingerprint density at radius 1 is 1.04 bits per heavy atom. The Labute approximate surface area is 149 Å². The van der Waals surface area contributed by atoms with Gasteiger partial charge in [-0.15, -0.1) is 0 Å². The second-order valence-electron chi connectivity index (χ2n) is 7.12. The number of para-hydroxylation sites is 2. The van der Waals surface area contributed by atoms with E-state index in [1.807, 2.05) is 6.20 Å². The van der Waals surface area contributed by atoms with E-state index in [1.165, 1.54) is 29.6 Å². The molecule has 0 spiro atoms. The second kappa shape index (κ2) is 7.24. The minimum atomic E-state index is 0.735. The number of aromatic nitrogens is 1. The second-order valence-corrected chi connectivity index (χ2v) is 7.12. The van der Waals surface area contributed by atoms with Crippen LogP contribution in [0.5, 0.6) is 0 Å². The fourth-order valence-corrected chi connectivity index (χ4v) is 3.94. The minimum absolute atomic E-state index is 0.735. The summed E-state index contributed by atoms with van der Waals surface area (Å²) in [6.07, 6.45) is 3.20. The molecule has 1 fully saturated rings. The Morgan fingerprint density at radius 2 is 1.84 bits per heavy atom. The van der Waals surface area contributed by atoms with E-state index >= 15 is 0 Å². The van der Waals surface area contributed by atoms with E-state index in [2.05, 4.69) is 82.5 Å². The molecule has 0 N–H and O–H groups in total. The summed E-state index contributed by atoms with van der Waals surface area (Å²) in [6.45, 7) is 4.44. The third-order valence-corrected chi connectivity index (χ3v) is 5.16. The maximum atomic E-state index is 4.47. The normalized spacial score (nSPS) is 17.5. The lowest BCUT2D eigenvalue weighted by Crippen LogP contribution is -2.28. The molecule has 0 aliphatic carbocycles.